The molecule has 7 heteroatoms. The van der Waals surface area contributed by atoms with Crippen LogP contribution in [-0.4, -0.2) is 70.3 Å². The number of amides is 3. The molecule has 3 amide bonds. The fraction of sp³-hybridized carbons (Fsp3) is 0.619. The Balaban J connectivity index is 1.33. The summed E-state index contributed by atoms with van der Waals surface area (Å²) in [5.41, 5.74) is 2.06. The van der Waals surface area contributed by atoms with Gasteiger partial charge in [-0.05, 0) is 26.0 Å². The standard InChI is InChI=1S/C21H33N5O2/c1-3-24-11-13-25(14-12-24)10-4-9-22-21(28)23-18-15-20(27)26(16-18)19-7-5-17(2)6-8-19/h5-8,18H,3-4,9-16H2,1-2H3,(H2,22,23,28)/p+2/t18-/m1/s1. The van der Waals surface area contributed by atoms with Crippen LogP contribution in [0.3, 0.4) is 0 Å². The number of nitrogens with zero attached hydrogens (tertiary/aromatic N) is 1. The first-order valence-electron chi connectivity index (χ1n) is 10.6. The normalized spacial score (nSPS) is 25.0. The number of urea groups is 1. The van der Waals surface area contributed by atoms with Gasteiger partial charge in [-0.2, -0.15) is 0 Å². The highest BCUT2D eigenvalue weighted by molar-refractivity contribution is 5.96. The second kappa shape index (κ2) is 9.89. The Morgan fingerprint density at radius 2 is 1.82 bits per heavy atom. The van der Waals surface area contributed by atoms with Gasteiger partial charge in [-0.1, -0.05) is 17.7 Å². The largest absolute Gasteiger partial charge is 0.338 e. The minimum atomic E-state index is -0.168. The van der Waals surface area contributed by atoms with E-state index in [0.29, 0.717) is 19.5 Å². The van der Waals surface area contributed by atoms with E-state index >= 15 is 0 Å². The lowest BCUT2D eigenvalue weighted by Gasteiger charge is -2.29. The van der Waals surface area contributed by atoms with Gasteiger partial charge in [0.15, 0.2) is 0 Å². The summed E-state index contributed by atoms with van der Waals surface area (Å²) in [7, 11) is 0. The van der Waals surface area contributed by atoms with Crippen molar-refractivity contribution in [1.29, 1.82) is 0 Å². The van der Waals surface area contributed by atoms with Gasteiger partial charge < -0.3 is 25.3 Å². The summed E-state index contributed by atoms with van der Waals surface area (Å²) in [5, 5.41) is 5.90. The predicted octanol–water partition coefficient (Wildman–Crippen LogP) is -1.41. The second-order valence-electron chi connectivity index (χ2n) is 8.10. The van der Waals surface area contributed by atoms with Crippen LogP contribution >= 0.6 is 0 Å². The molecule has 1 aromatic carbocycles. The third kappa shape index (κ3) is 5.69. The predicted molar refractivity (Wildman–Crippen MR) is 110 cm³/mol. The zero-order valence-corrected chi connectivity index (χ0v) is 17.2. The van der Waals surface area contributed by atoms with E-state index in [1.165, 1.54) is 38.3 Å². The molecule has 0 spiro atoms. The number of nitrogens with one attached hydrogen (secondary N) is 4. The Morgan fingerprint density at radius 1 is 1.14 bits per heavy atom. The SMILES string of the molecule is CC[NH+]1CC[NH+](CCCNC(=O)N[C@@H]2CC(=O)N(c3ccc(C)cc3)C2)CC1. The Morgan fingerprint density at radius 3 is 2.50 bits per heavy atom. The molecule has 4 N–H and O–H groups in total. The van der Waals surface area contributed by atoms with Crippen LogP contribution in [0.15, 0.2) is 24.3 Å². The maximum Gasteiger partial charge on any atom is 0.315 e. The minimum Gasteiger partial charge on any atom is -0.338 e. The van der Waals surface area contributed by atoms with Crippen molar-refractivity contribution in [2.45, 2.75) is 32.7 Å². The molecule has 7 nitrogen and oxygen atoms in total. The third-order valence-electron chi connectivity index (χ3n) is 5.96. The number of quaternary nitrogens is 2. The Kier molecular flexibility index (Phi) is 7.28. The topological polar surface area (TPSA) is 70.3 Å². The molecule has 2 aliphatic rings. The maximum absolute atomic E-state index is 12.3. The molecule has 0 bridgehead atoms. The number of hydrogen-bond donors (Lipinski definition) is 4. The highest BCUT2D eigenvalue weighted by Crippen LogP contribution is 2.21. The molecule has 2 fully saturated rings. The zero-order valence-electron chi connectivity index (χ0n) is 17.2. The van der Waals surface area contributed by atoms with Gasteiger partial charge in [0.1, 0.15) is 26.2 Å². The summed E-state index contributed by atoms with van der Waals surface area (Å²) >= 11 is 0. The van der Waals surface area contributed by atoms with Crippen LogP contribution in [0.1, 0.15) is 25.3 Å². The lowest BCUT2D eigenvalue weighted by Crippen LogP contribution is -3.28. The van der Waals surface area contributed by atoms with Crippen LogP contribution in [0.2, 0.25) is 0 Å². The summed E-state index contributed by atoms with van der Waals surface area (Å²) in [5.74, 6) is 0.0612. The van der Waals surface area contributed by atoms with E-state index in [1.807, 2.05) is 31.2 Å². The van der Waals surface area contributed by atoms with E-state index in [2.05, 4.69) is 17.6 Å². The van der Waals surface area contributed by atoms with Gasteiger partial charge in [0, 0.05) is 31.6 Å². The van der Waals surface area contributed by atoms with Crippen molar-refractivity contribution in [2.24, 2.45) is 0 Å². The van der Waals surface area contributed by atoms with Gasteiger partial charge >= 0.3 is 6.03 Å². The number of aryl methyl sites for hydroxylation is 1. The molecular weight excluding hydrogens is 354 g/mol. The molecule has 0 unspecified atom stereocenters. The summed E-state index contributed by atoms with van der Waals surface area (Å²) in [6.07, 6.45) is 1.35. The summed E-state index contributed by atoms with van der Waals surface area (Å²) in [6, 6.07) is 7.62. The monoisotopic (exact) mass is 389 g/mol. The average molecular weight is 390 g/mol. The maximum atomic E-state index is 12.3. The first-order valence-corrected chi connectivity index (χ1v) is 10.6. The van der Waals surface area contributed by atoms with Crippen molar-refractivity contribution in [3.63, 3.8) is 0 Å². The van der Waals surface area contributed by atoms with Crippen molar-refractivity contribution >= 4 is 17.6 Å². The van der Waals surface area contributed by atoms with Gasteiger partial charge in [0.05, 0.1) is 19.1 Å². The Hall–Kier alpha value is -2.12. The van der Waals surface area contributed by atoms with E-state index in [1.54, 1.807) is 14.7 Å². The smallest absolute Gasteiger partial charge is 0.315 e. The molecule has 0 saturated carbocycles. The first kappa shape index (κ1) is 20.6. The fourth-order valence-corrected chi connectivity index (χ4v) is 4.12. The van der Waals surface area contributed by atoms with Gasteiger partial charge in [-0.25, -0.2) is 4.79 Å². The first-order chi connectivity index (χ1) is 13.5. The third-order valence-corrected chi connectivity index (χ3v) is 5.96. The van der Waals surface area contributed by atoms with Gasteiger partial charge in [0.2, 0.25) is 5.91 Å². The van der Waals surface area contributed by atoms with E-state index in [9.17, 15) is 9.59 Å². The van der Waals surface area contributed by atoms with E-state index < -0.39 is 0 Å². The molecule has 0 radical (unpaired) electrons. The van der Waals surface area contributed by atoms with Crippen LogP contribution < -0.4 is 25.3 Å². The van der Waals surface area contributed by atoms with E-state index in [-0.39, 0.29) is 18.0 Å². The van der Waals surface area contributed by atoms with Gasteiger partial charge in [-0.15, -0.1) is 0 Å². The van der Waals surface area contributed by atoms with Crippen molar-refractivity contribution in [1.82, 2.24) is 10.6 Å². The quantitative estimate of drug-likeness (QED) is 0.433. The molecule has 2 aliphatic heterocycles. The number of rotatable bonds is 7. The van der Waals surface area contributed by atoms with Crippen LogP contribution in [-0.2, 0) is 4.79 Å². The number of benzene rings is 1. The lowest BCUT2D eigenvalue weighted by molar-refractivity contribution is -1.01. The molecule has 1 atom stereocenters. The number of carbonyl (C=O) groups excluding carboxylic acids is 2. The second-order valence-corrected chi connectivity index (χ2v) is 8.10. The molecule has 154 valence electrons. The van der Waals surface area contributed by atoms with E-state index in [4.69, 9.17) is 0 Å². The summed E-state index contributed by atoms with van der Waals surface area (Å²) in [6.45, 7) is 12.8. The Labute approximate surface area is 168 Å². The molecule has 0 aliphatic carbocycles. The van der Waals surface area contributed by atoms with Crippen molar-refractivity contribution in [2.75, 3.05) is 57.3 Å². The van der Waals surface area contributed by atoms with E-state index in [0.717, 1.165) is 18.7 Å². The molecule has 28 heavy (non-hydrogen) atoms. The highest BCUT2D eigenvalue weighted by atomic mass is 16.2. The van der Waals surface area contributed by atoms with Crippen LogP contribution in [0.25, 0.3) is 0 Å². The minimum absolute atomic E-state index is 0.0612. The molecular formula is C21H35N5O2+2. The molecule has 2 heterocycles. The van der Waals surface area contributed by atoms with Gasteiger partial charge in [-0.3, -0.25) is 4.79 Å². The molecule has 0 aromatic heterocycles. The number of anilines is 1. The van der Waals surface area contributed by atoms with Crippen molar-refractivity contribution < 1.29 is 19.4 Å². The van der Waals surface area contributed by atoms with Crippen LogP contribution in [0.5, 0.6) is 0 Å². The lowest BCUT2D eigenvalue weighted by atomic mass is 10.2. The van der Waals surface area contributed by atoms with Gasteiger partial charge in [0.25, 0.3) is 0 Å². The number of piperazine rings is 1. The van der Waals surface area contributed by atoms with Crippen LogP contribution in [0.4, 0.5) is 10.5 Å². The molecule has 1 aromatic rings. The van der Waals surface area contributed by atoms with Crippen molar-refractivity contribution in [3.8, 4) is 0 Å². The Bertz CT molecular complexity index is 655. The number of hydrogen-bond acceptors (Lipinski definition) is 2. The molecule has 2 saturated heterocycles. The summed E-state index contributed by atoms with van der Waals surface area (Å²) < 4.78 is 0. The van der Waals surface area contributed by atoms with Crippen LogP contribution in [0, 0.1) is 6.92 Å². The number of likely N-dealkylation sites (N-methyl/N-ethyl adjacent to an activating group) is 1. The zero-order chi connectivity index (χ0) is 19.9. The number of carbonyl (C=O) groups is 2. The van der Waals surface area contributed by atoms with Crippen molar-refractivity contribution in [3.05, 3.63) is 29.8 Å². The average Bonchev–Trinajstić information content (AvgIpc) is 3.06. The highest BCUT2D eigenvalue weighted by Gasteiger charge is 2.31. The summed E-state index contributed by atoms with van der Waals surface area (Å²) in [4.78, 5) is 29.6. The fourth-order valence-electron chi connectivity index (χ4n) is 4.12. The molecule has 3 rings (SSSR count).